The van der Waals surface area contributed by atoms with Gasteiger partial charge in [0.2, 0.25) is 0 Å². The highest BCUT2D eigenvalue weighted by atomic mass is 32.2. The maximum absolute atomic E-state index is 2.46. The Kier molecular flexibility index (Phi) is 16.9. The van der Waals surface area contributed by atoms with Gasteiger partial charge in [-0.05, 0) is 95.5 Å². The van der Waals surface area contributed by atoms with E-state index in [0.29, 0.717) is 0 Å². The van der Waals surface area contributed by atoms with Crippen LogP contribution >= 0.6 is 11.8 Å². The number of anilines is 4. The highest BCUT2D eigenvalue weighted by molar-refractivity contribution is 8.05. The van der Waals surface area contributed by atoms with Gasteiger partial charge in [0, 0.05) is 35.8 Å². The molecule has 0 N–H and O–H groups in total. The second-order valence-electron chi connectivity index (χ2n) is 12.4. The topological polar surface area (TPSA) is 6.48 Å². The van der Waals surface area contributed by atoms with Crippen molar-refractivity contribution in [2.75, 3.05) is 22.9 Å². The number of rotatable bonds is 22. The molecule has 0 aromatic heterocycles. The molecule has 0 aliphatic heterocycles. The Balaban J connectivity index is 1.29. The van der Waals surface area contributed by atoms with Gasteiger partial charge in [0.25, 0.3) is 0 Å². The van der Waals surface area contributed by atoms with Crippen molar-refractivity contribution in [3.05, 3.63) is 131 Å². The van der Waals surface area contributed by atoms with Gasteiger partial charge in [-0.25, -0.2) is 0 Å². The molecular weight excluding hydrogens is 589 g/mol. The molecule has 0 aliphatic rings. The van der Waals surface area contributed by atoms with E-state index in [2.05, 4.69) is 156 Å². The molecule has 0 aliphatic carbocycles. The summed E-state index contributed by atoms with van der Waals surface area (Å²) in [7, 11) is 0. The molecule has 248 valence electrons. The molecule has 0 fully saturated rings. The van der Waals surface area contributed by atoms with Crippen LogP contribution < -0.4 is 9.80 Å². The summed E-state index contributed by atoms with van der Waals surface area (Å²) in [5, 5.41) is 4.34. The Morgan fingerprint density at radius 3 is 1.13 bits per heavy atom. The molecule has 0 bridgehead atoms. The second kappa shape index (κ2) is 22.0. The lowest BCUT2D eigenvalue weighted by Gasteiger charge is -2.25. The molecule has 0 heterocycles. The second-order valence-corrected chi connectivity index (χ2v) is 13.3. The maximum Gasteiger partial charge on any atom is 0.0411 e. The molecule has 0 saturated heterocycles. The van der Waals surface area contributed by atoms with Crippen molar-refractivity contribution in [3.8, 4) is 0 Å². The fraction of sp³-hybridized carbons (Fsp3) is 0.364. The summed E-state index contributed by atoms with van der Waals surface area (Å²) in [4.78, 5) is 4.92. The summed E-state index contributed by atoms with van der Waals surface area (Å²) in [6.07, 6.45) is 20.1. The first-order chi connectivity index (χ1) is 23.3. The number of benzene rings is 4. The fourth-order valence-corrected chi connectivity index (χ4v) is 6.50. The standard InChI is InChI=1S/C44H56N2S/c1-3-5-7-9-11-19-35-45(41-21-15-13-16-22-41)43-29-25-39(26-30-43)33-37-47-38-34-40-27-31-44(32-28-40)46(42-23-17-14-18-24-42)36-20-12-10-8-6-4-2/h13-18,21-34,37-38H,3-12,19-20,35-36H2,1-2H3/b37-33+,38-34+. The van der Waals surface area contributed by atoms with Crippen molar-refractivity contribution in [2.24, 2.45) is 0 Å². The number of thioether (sulfide) groups is 1. The lowest BCUT2D eigenvalue weighted by Crippen LogP contribution is -2.18. The first kappa shape index (κ1) is 36.2. The monoisotopic (exact) mass is 644 g/mol. The Morgan fingerprint density at radius 1 is 0.404 bits per heavy atom. The first-order valence-corrected chi connectivity index (χ1v) is 19.1. The van der Waals surface area contributed by atoms with E-state index in [9.17, 15) is 0 Å². The number of hydrogen-bond donors (Lipinski definition) is 0. The van der Waals surface area contributed by atoms with Gasteiger partial charge in [-0.1, -0.05) is 139 Å². The summed E-state index contributed by atoms with van der Waals surface area (Å²) in [5.41, 5.74) is 7.50. The van der Waals surface area contributed by atoms with Crippen LogP contribution in [0.15, 0.2) is 120 Å². The van der Waals surface area contributed by atoms with E-state index in [1.54, 1.807) is 11.8 Å². The van der Waals surface area contributed by atoms with Crippen molar-refractivity contribution in [1.82, 2.24) is 0 Å². The van der Waals surface area contributed by atoms with E-state index in [-0.39, 0.29) is 0 Å². The minimum absolute atomic E-state index is 1.05. The van der Waals surface area contributed by atoms with E-state index in [1.165, 1.54) is 111 Å². The third-order valence-corrected chi connectivity index (χ3v) is 9.28. The summed E-state index contributed by atoms with van der Waals surface area (Å²) in [5.74, 6) is 0. The quantitative estimate of drug-likeness (QED) is 0.0786. The van der Waals surface area contributed by atoms with Crippen molar-refractivity contribution in [1.29, 1.82) is 0 Å². The summed E-state index contributed by atoms with van der Waals surface area (Å²) >= 11 is 1.71. The van der Waals surface area contributed by atoms with E-state index in [1.807, 2.05) is 0 Å². The van der Waals surface area contributed by atoms with Crippen LogP contribution in [0.1, 0.15) is 102 Å². The van der Waals surface area contributed by atoms with Crippen LogP contribution in [-0.2, 0) is 0 Å². The number of unbranched alkanes of at least 4 members (excludes halogenated alkanes) is 10. The Labute approximate surface area is 290 Å². The van der Waals surface area contributed by atoms with Crippen LogP contribution in [0.3, 0.4) is 0 Å². The molecule has 2 nitrogen and oxygen atoms in total. The van der Waals surface area contributed by atoms with E-state index in [4.69, 9.17) is 0 Å². The largest absolute Gasteiger partial charge is 0.341 e. The summed E-state index contributed by atoms with van der Waals surface area (Å²) in [6.45, 7) is 6.66. The fourth-order valence-electron chi connectivity index (χ4n) is 5.94. The van der Waals surface area contributed by atoms with Gasteiger partial charge in [0.15, 0.2) is 0 Å². The zero-order chi connectivity index (χ0) is 32.8. The molecule has 0 atom stereocenters. The highest BCUT2D eigenvalue weighted by Crippen LogP contribution is 2.28. The van der Waals surface area contributed by atoms with Gasteiger partial charge in [0.05, 0.1) is 0 Å². The van der Waals surface area contributed by atoms with Crippen LogP contribution in [0, 0.1) is 0 Å². The van der Waals surface area contributed by atoms with Crippen molar-refractivity contribution >= 4 is 46.7 Å². The van der Waals surface area contributed by atoms with Crippen LogP contribution in [0.2, 0.25) is 0 Å². The van der Waals surface area contributed by atoms with Gasteiger partial charge in [-0.2, -0.15) is 0 Å². The van der Waals surface area contributed by atoms with Gasteiger partial charge >= 0.3 is 0 Å². The SMILES string of the molecule is CCCCCCCCN(c1ccccc1)c1ccc(/C=C/S/C=C/c2ccc(N(CCCCCCCC)c3ccccc3)cc2)cc1. The molecule has 0 unspecified atom stereocenters. The number of hydrogen-bond acceptors (Lipinski definition) is 3. The Hall–Kier alpha value is -3.69. The van der Waals surface area contributed by atoms with Crippen LogP contribution in [0.5, 0.6) is 0 Å². The molecular formula is C44H56N2S. The predicted molar refractivity (Wildman–Crippen MR) is 212 cm³/mol. The summed E-state index contributed by atoms with van der Waals surface area (Å²) < 4.78 is 0. The summed E-state index contributed by atoms with van der Waals surface area (Å²) in [6, 6.07) is 39.6. The Morgan fingerprint density at radius 2 is 0.745 bits per heavy atom. The average Bonchev–Trinajstić information content (AvgIpc) is 3.12. The highest BCUT2D eigenvalue weighted by Gasteiger charge is 2.10. The zero-order valence-electron chi connectivity index (χ0n) is 28.9. The lowest BCUT2D eigenvalue weighted by molar-refractivity contribution is 0.609. The number of para-hydroxylation sites is 2. The minimum Gasteiger partial charge on any atom is -0.341 e. The normalized spacial score (nSPS) is 11.4. The molecule has 0 spiro atoms. The van der Waals surface area contributed by atoms with Crippen LogP contribution in [-0.4, -0.2) is 13.1 Å². The molecule has 4 aromatic rings. The third kappa shape index (κ3) is 13.1. The Bertz CT molecular complexity index is 1300. The van der Waals surface area contributed by atoms with E-state index < -0.39 is 0 Å². The molecule has 4 aromatic carbocycles. The molecule has 0 radical (unpaired) electrons. The molecule has 47 heavy (non-hydrogen) atoms. The van der Waals surface area contributed by atoms with E-state index in [0.717, 1.165) is 13.1 Å². The lowest BCUT2D eigenvalue weighted by atomic mass is 10.1. The van der Waals surface area contributed by atoms with Crippen LogP contribution in [0.4, 0.5) is 22.7 Å². The van der Waals surface area contributed by atoms with Gasteiger partial charge in [-0.15, -0.1) is 11.8 Å². The van der Waals surface area contributed by atoms with Gasteiger partial charge < -0.3 is 9.80 Å². The molecule has 0 saturated carbocycles. The average molecular weight is 645 g/mol. The third-order valence-electron chi connectivity index (χ3n) is 8.69. The smallest absolute Gasteiger partial charge is 0.0411 e. The number of nitrogens with zero attached hydrogens (tertiary/aromatic N) is 2. The van der Waals surface area contributed by atoms with E-state index >= 15 is 0 Å². The molecule has 0 amide bonds. The first-order valence-electron chi connectivity index (χ1n) is 18.1. The minimum atomic E-state index is 1.05. The molecule has 3 heteroatoms. The molecule has 4 rings (SSSR count). The van der Waals surface area contributed by atoms with Crippen molar-refractivity contribution in [3.63, 3.8) is 0 Å². The van der Waals surface area contributed by atoms with Crippen molar-refractivity contribution in [2.45, 2.75) is 90.9 Å². The van der Waals surface area contributed by atoms with Gasteiger partial charge in [0.1, 0.15) is 0 Å². The maximum atomic E-state index is 2.46. The zero-order valence-corrected chi connectivity index (χ0v) is 29.7. The van der Waals surface area contributed by atoms with Crippen molar-refractivity contribution < 1.29 is 0 Å². The van der Waals surface area contributed by atoms with Crippen LogP contribution in [0.25, 0.3) is 12.2 Å². The van der Waals surface area contributed by atoms with Gasteiger partial charge in [-0.3, -0.25) is 0 Å². The predicted octanol–water partition coefficient (Wildman–Crippen LogP) is 14.1.